The summed E-state index contributed by atoms with van der Waals surface area (Å²) < 4.78 is 37.5. The van der Waals surface area contributed by atoms with Crippen molar-refractivity contribution in [3.05, 3.63) is 48.0 Å². The van der Waals surface area contributed by atoms with Crippen molar-refractivity contribution >= 4 is 33.2 Å². The summed E-state index contributed by atoms with van der Waals surface area (Å²) in [6, 6.07) is 11.6. The Hall–Kier alpha value is -2.95. The number of nitrogens with one attached hydrogen (secondary N) is 1. The molecule has 2 amide bonds. The number of benzene rings is 2. The molecule has 176 valence electrons. The van der Waals surface area contributed by atoms with Gasteiger partial charge in [-0.05, 0) is 48.9 Å². The molecule has 1 atom stereocenters. The second-order valence-corrected chi connectivity index (χ2v) is 10.0. The van der Waals surface area contributed by atoms with Gasteiger partial charge in [-0.2, -0.15) is 4.31 Å². The van der Waals surface area contributed by atoms with E-state index >= 15 is 0 Å². The van der Waals surface area contributed by atoms with E-state index in [1.807, 2.05) is 19.1 Å². The summed E-state index contributed by atoms with van der Waals surface area (Å²) in [7, 11) is -2.06. The van der Waals surface area contributed by atoms with Crippen LogP contribution in [0.4, 0.5) is 11.4 Å². The van der Waals surface area contributed by atoms with Gasteiger partial charge in [0.2, 0.25) is 21.8 Å². The SMILES string of the molecule is COc1ccc(C)cc1N1C[C@@H](C(=O)Nc2ccc(S(=O)(=O)N3CCOCC3)cc2)CC1=O. The first-order valence-electron chi connectivity index (χ1n) is 10.7. The number of ether oxygens (including phenoxy) is 2. The van der Waals surface area contributed by atoms with Gasteiger partial charge in [-0.3, -0.25) is 9.59 Å². The second-order valence-electron chi connectivity index (χ2n) is 8.11. The van der Waals surface area contributed by atoms with Crippen LogP contribution in [0.1, 0.15) is 12.0 Å². The Morgan fingerprint density at radius 1 is 1.12 bits per heavy atom. The highest BCUT2D eigenvalue weighted by atomic mass is 32.2. The number of anilines is 2. The first kappa shape index (κ1) is 23.2. The zero-order valence-corrected chi connectivity index (χ0v) is 19.4. The number of aryl methyl sites for hydroxylation is 1. The minimum atomic E-state index is -3.60. The average molecular weight is 474 g/mol. The number of hydrogen-bond acceptors (Lipinski definition) is 6. The molecule has 0 aliphatic carbocycles. The van der Waals surface area contributed by atoms with Crippen molar-refractivity contribution < 1.29 is 27.5 Å². The topological polar surface area (TPSA) is 105 Å². The quantitative estimate of drug-likeness (QED) is 0.688. The number of hydrogen-bond donors (Lipinski definition) is 1. The number of methoxy groups -OCH3 is 1. The zero-order chi connectivity index (χ0) is 23.6. The lowest BCUT2D eigenvalue weighted by Crippen LogP contribution is -2.40. The molecule has 4 rings (SSSR count). The van der Waals surface area contributed by atoms with Crippen LogP contribution in [-0.4, -0.2) is 64.5 Å². The van der Waals surface area contributed by atoms with Crippen molar-refractivity contribution in [1.82, 2.24) is 4.31 Å². The molecular formula is C23H27N3O6S. The molecule has 33 heavy (non-hydrogen) atoms. The van der Waals surface area contributed by atoms with Crippen LogP contribution in [0.2, 0.25) is 0 Å². The number of sulfonamides is 1. The van der Waals surface area contributed by atoms with Crippen molar-refractivity contribution in [2.45, 2.75) is 18.2 Å². The van der Waals surface area contributed by atoms with E-state index in [4.69, 9.17) is 9.47 Å². The van der Waals surface area contributed by atoms with Gasteiger partial charge in [0, 0.05) is 31.7 Å². The summed E-state index contributed by atoms with van der Waals surface area (Å²) in [5.41, 5.74) is 2.11. The highest BCUT2D eigenvalue weighted by molar-refractivity contribution is 7.89. The Morgan fingerprint density at radius 3 is 2.48 bits per heavy atom. The van der Waals surface area contributed by atoms with Crippen molar-refractivity contribution in [2.75, 3.05) is 50.2 Å². The highest BCUT2D eigenvalue weighted by Crippen LogP contribution is 2.34. The van der Waals surface area contributed by atoms with Crippen molar-refractivity contribution in [1.29, 1.82) is 0 Å². The highest BCUT2D eigenvalue weighted by Gasteiger charge is 2.36. The number of carbonyl (C=O) groups excluding carboxylic acids is 2. The maximum atomic E-state index is 12.8. The van der Waals surface area contributed by atoms with Gasteiger partial charge in [-0.25, -0.2) is 8.42 Å². The fraction of sp³-hybridized carbons (Fsp3) is 0.391. The lowest BCUT2D eigenvalue weighted by Gasteiger charge is -2.26. The van der Waals surface area contributed by atoms with Crippen LogP contribution in [-0.2, 0) is 24.3 Å². The minimum Gasteiger partial charge on any atom is -0.495 e. The molecule has 2 aromatic carbocycles. The molecule has 2 heterocycles. The Labute approximate surface area is 193 Å². The number of rotatable bonds is 6. The van der Waals surface area contributed by atoms with E-state index in [0.29, 0.717) is 43.4 Å². The molecule has 0 radical (unpaired) electrons. The molecule has 1 N–H and O–H groups in total. The lowest BCUT2D eigenvalue weighted by atomic mass is 10.1. The Kier molecular flexibility index (Phi) is 6.68. The molecule has 2 aliphatic rings. The first-order valence-corrected chi connectivity index (χ1v) is 12.2. The molecule has 2 aromatic rings. The van der Waals surface area contributed by atoms with Crippen LogP contribution < -0.4 is 15.0 Å². The predicted molar refractivity (Wildman–Crippen MR) is 123 cm³/mol. The second kappa shape index (κ2) is 9.50. The lowest BCUT2D eigenvalue weighted by molar-refractivity contribution is -0.122. The summed E-state index contributed by atoms with van der Waals surface area (Å²) in [5.74, 6) is -0.390. The van der Waals surface area contributed by atoms with Gasteiger partial charge in [-0.1, -0.05) is 6.07 Å². The maximum Gasteiger partial charge on any atom is 0.243 e. The molecular weight excluding hydrogens is 446 g/mol. The van der Waals surface area contributed by atoms with Crippen molar-refractivity contribution in [2.24, 2.45) is 5.92 Å². The normalized spacial score (nSPS) is 19.5. The van der Waals surface area contributed by atoms with Gasteiger partial charge in [0.15, 0.2) is 0 Å². The monoisotopic (exact) mass is 473 g/mol. The van der Waals surface area contributed by atoms with E-state index in [1.54, 1.807) is 30.2 Å². The number of amides is 2. The van der Waals surface area contributed by atoms with Gasteiger partial charge in [0.1, 0.15) is 5.75 Å². The largest absolute Gasteiger partial charge is 0.495 e. The van der Waals surface area contributed by atoms with Gasteiger partial charge < -0.3 is 19.7 Å². The Balaban J connectivity index is 1.43. The van der Waals surface area contributed by atoms with E-state index in [9.17, 15) is 18.0 Å². The number of morpholine rings is 1. The standard InChI is InChI=1S/C23H27N3O6S/c1-16-3-8-21(31-2)20(13-16)26-15-17(14-22(26)27)23(28)24-18-4-6-19(7-5-18)33(29,30)25-9-11-32-12-10-25/h3-8,13,17H,9-12,14-15H2,1-2H3,(H,24,28)/t17-/m0/s1. The third-order valence-electron chi connectivity index (χ3n) is 5.85. The fourth-order valence-corrected chi connectivity index (χ4v) is 5.43. The van der Waals surface area contributed by atoms with Gasteiger partial charge >= 0.3 is 0 Å². The Morgan fingerprint density at radius 2 is 1.82 bits per heavy atom. The third kappa shape index (κ3) is 4.87. The zero-order valence-electron chi connectivity index (χ0n) is 18.6. The molecule has 0 unspecified atom stereocenters. The van der Waals surface area contributed by atoms with Crippen molar-refractivity contribution in [3.8, 4) is 5.75 Å². The van der Waals surface area contributed by atoms with E-state index in [0.717, 1.165) is 5.56 Å². The summed E-state index contributed by atoms with van der Waals surface area (Å²) in [6.07, 6.45) is 0.0897. The van der Waals surface area contributed by atoms with Crippen molar-refractivity contribution in [3.63, 3.8) is 0 Å². The smallest absolute Gasteiger partial charge is 0.243 e. The minimum absolute atomic E-state index is 0.0897. The number of nitrogens with zero attached hydrogens (tertiary/aromatic N) is 2. The molecule has 9 nitrogen and oxygen atoms in total. The summed E-state index contributed by atoms with van der Waals surface area (Å²) >= 11 is 0. The van der Waals surface area contributed by atoms with Crippen LogP contribution in [0.15, 0.2) is 47.4 Å². The number of carbonyl (C=O) groups is 2. The molecule has 0 aromatic heterocycles. The van der Waals surface area contributed by atoms with Crippen LogP contribution in [0.25, 0.3) is 0 Å². The first-order chi connectivity index (χ1) is 15.8. The van der Waals surface area contributed by atoms with Gasteiger partial charge in [0.05, 0.1) is 36.8 Å². The molecule has 2 fully saturated rings. The van der Waals surface area contributed by atoms with Gasteiger partial charge in [-0.15, -0.1) is 0 Å². The van der Waals surface area contributed by atoms with Crippen LogP contribution >= 0.6 is 0 Å². The summed E-state index contributed by atoms with van der Waals surface area (Å²) in [6.45, 7) is 3.56. The average Bonchev–Trinajstić information content (AvgIpc) is 3.21. The predicted octanol–water partition coefficient (Wildman–Crippen LogP) is 2.02. The molecule has 0 saturated carbocycles. The van der Waals surface area contributed by atoms with E-state index in [-0.39, 0.29) is 29.7 Å². The van der Waals surface area contributed by atoms with Gasteiger partial charge in [0.25, 0.3) is 0 Å². The van der Waals surface area contributed by atoms with Crippen LogP contribution in [0.3, 0.4) is 0 Å². The van der Waals surface area contributed by atoms with Crippen LogP contribution in [0.5, 0.6) is 5.75 Å². The third-order valence-corrected chi connectivity index (χ3v) is 7.76. The molecule has 2 saturated heterocycles. The molecule has 2 aliphatic heterocycles. The van der Waals surface area contributed by atoms with E-state index in [2.05, 4.69) is 5.32 Å². The summed E-state index contributed by atoms with van der Waals surface area (Å²) in [4.78, 5) is 27.2. The Bertz CT molecular complexity index is 1140. The molecule has 0 bridgehead atoms. The summed E-state index contributed by atoms with van der Waals surface area (Å²) in [5, 5.41) is 2.80. The fourth-order valence-electron chi connectivity index (χ4n) is 4.02. The van der Waals surface area contributed by atoms with E-state index < -0.39 is 15.9 Å². The van der Waals surface area contributed by atoms with E-state index in [1.165, 1.54) is 16.4 Å². The molecule has 0 spiro atoms. The van der Waals surface area contributed by atoms with Crippen LogP contribution in [0, 0.1) is 12.8 Å². The molecule has 10 heteroatoms. The maximum absolute atomic E-state index is 12.8.